The lowest BCUT2D eigenvalue weighted by atomic mass is 9.96. The molecule has 0 aliphatic heterocycles. The molecule has 0 aliphatic rings. The molecule has 0 N–H and O–H groups in total. The normalized spacial score (nSPS) is 11.4. The minimum Gasteiger partial charge on any atom is -0.255 e. The van der Waals surface area contributed by atoms with Crippen LogP contribution in [0.4, 0.5) is 0 Å². The van der Waals surface area contributed by atoms with Gasteiger partial charge in [-0.2, -0.15) is 4.37 Å². The number of pyridine rings is 1. The van der Waals surface area contributed by atoms with Crippen molar-refractivity contribution in [2.75, 3.05) is 0 Å². The Balaban J connectivity index is 1.68. The van der Waals surface area contributed by atoms with Crippen molar-refractivity contribution in [1.82, 2.24) is 9.36 Å². The standard InChI is InChI=1S/C26H16N2S/c1-2-6-17(7-3-1)20-12-10-18-9-11-19-13-14-21-25(23-8-4-5-15-27-23)28-29-26(21)24(19)22(18)16-20/h1-16H. The first-order valence-corrected chi connectivity index (χ1v) is 10.4. The summed E-state index contributed by atoms with van der Waals surface area (Å²) >= 11 is 1.56. The minimum atomic E-state index is 0.920. The van der Waals surface area contributed by atoms with Gasteiger partial charge in [0.05, 0.1) is 10.4 Å². The van der Waals surface area contributed by atoms with Crippen LogP contribution in [-0.4, -0.2) is 9.36 Å². The fourth-order valence-corrected chi connectivity index (χ4v) is 4.99. The molecule has 3 heteroatoms. The van der Waals surface area contributed by atoms with Gasteiger partial charge in [-0.15, -0.1) is 0 Å². The molecule has 136 valence electrons. The van der Waals surface area contributed by atoms with E-state index in [4.69, 9.17) is 4.37 Å². The zero-order valence-corrected chi connectivity index (χ0v) is 16.4. The van der Waals surface area contributed by atoms with Crippen LogP contribution in [0.1, 0.15) is 0 Å². The van der Waals surface area contributed by atoms with E-state index in [2.05, 4.69) is 77.8 Å². The number of nitrogens with zero attached hydrogens (tertiary/aromatic N) is 2. The van der Waals surface area contributed by atoms with E-state index in [1.165, 1.54) is 42.8 Å². The van der Waals surface area contributed by atoms with Gasteiger partial charge in [-0.05, 0) is 57.0 Å². The number of aromatic nitrogens is 2. The van der Waals surface area contributed by atoms with Crippen LogP contribution in [0, 0.1) is 0 Å². The van der Waals surface area contributed by atoms with Crippen molar-refractivity contribution in [2.45, 2.75) is 0 Å². The Kier molecular flexibility index (Phi) is 3.68. The Bertz CT molecular complexity index is 1490. The average Bonchev–Trinajstić information content (AvgIpc) is 3.24. The molecule has 4 aromatic carbocycles. The first kappa shape index (κ1) is 16.4. The highest BCUT2D eigenvalue weighted by atomic mass is 32.1. The summed E-state index contributed by atoms with van der Waals surface area (Å²) < 4.78 is 6.00. The van der Waals surface area contributed by atoms with E-state index in [0.717, 1.165) is 11.4 Å². The van der Waals surface area contributed by atoms with Crippen LogP contribution in [0.3, 0.4) is 0 Å². The van der Waals surface area contributed by atoms with Gasteiger partial charge in [0.2, 0.25) is 0 Å². The van der Waals surface area contributed by atoms with Crippen molar-refractivity contribution < 1.29 is 0 Å². The highest BCUT2D eigenvalue weighted by Crippen LogP contribution is 2.39. The fourth-order valence-electron chi connectivity index (χ4n) is 4.03. The second-order valence-electron chi connectivity index (χ2n) is 7.15. The molecule has 0 amide bonds. The number of hydrogen-bond donors (Lipinski definition) is 0. The molecular weight excluding hydrogens is 372 g/mol. The average molecular weight is 388 g/mol. The number of benzene rings is 4. The van der Waals surface area contributed by atoms with Gasteiger partial charge < -0.3 is 0 Å². The molecule has 0 spiro atoms. The van der Waals surface area contributed by atoms with Crippen molar-refractivity contribution in [3.05, 3.63) is 97.2 Å². The maximum atomic E-state index is 4.78. The van der Waals surface area contributed by atoms with Crippen LogP contribution in [0.5, 0.6) is 0 Å². The molecule has 2 heterocycles. The van der Waals surface area contributed by atoms with Crippen LogP contribution in [0.25, 0.3) is 54.1 Å². The zero-order chi connectivity index (χ0) is 19.2. The van der Waals surface area contributed by atoms with Gasteiger partial charge in [-0.25, -0.2) is 0 Å². The smallest absolute Gasteiger partial charge is 0.110 e. The van der Waals surface area contributed by atoms with Gasteiger partial charge in [0, 0.05) is 17.0 Å². The predicted molar refractivity (Wildman–Crippen MR) is 123 cm³/mol. The molecular formula is C26H16N2S. The van der Waals surface area contributed by atoms with Gasteiger partial charge in [0.1, 0.15) is 5.69 Å². The molecule has 0 aliphatic carbocycles. The van der Waals surface area contributed by atoms with E-state index in [0.29, 0.717) is 0 Å². The fraction of sp³-hybridized carbons (Fsp3) is 0. The summed E-state index contributed by atoms with van der Waals surface area (Å²) in [7, 11) is 0. The van der Waals surface area contributed by atoms with Crippen molar-refractivity contribution >= 4 is 43.2 Å². The second-order valence-corrected chi connectivity index (χ2v) is 7.93. The molecule has 29 heavy (non-hydrogen) atoms. The summed E-state index contributed by atoms with van der Waals surface area (Å²) in [5, 5.41) is 6.20. The summed E-state index contributed by atoms with van der Waals surface area (Å²) in [5.74, 6) is 0. The summed E-state index contributed by atoms with van der Waals surface area (Å²) in [6, 6.07) is 32.0. The van der Waals surface area contributed by atoms with Crippen LogP contribution < -0.4 is 0 Å². The van der Waals surface area contributed by atoms with Gasteiger partial charge in [0.25, 0.3) is 0 Å². The predicted octanol–water partition coefficient (Wildman–Crippen LogP) is 7.33. The second kappa shape index (κ2) is 6.50. The monoisotopic (exact) mass is 388 g/mol. The van der Waals surface area contributed by atoms with Crippen molar-refractivity contribution in [1.29, 1.82) is 0 Å². The quantitative estimate of drug-likeness (QED) is 0.290. The molecule has 0 radical (unpaired) electrons. The SMILES string of the molecule is c1ccc(-c2ccc3ccc4ccc5c(-c6ccccn6)nsc5c4c3c2)cc1. The first-order valence-electron chi connectivity index (χ1n) is 9.60. The number of fused-ring (bicyclic) bond motifs is 5. The highest BCUT2D eigenvalue weighted by Gasteiger charge is 2.14. The van der Waals surface area contributed by atoms with Crippen molar-refractivity contribution in [3.63, 3.8) is 0 Å². The van der Waals surface area contributed by atoms with Gasteiger partial charge >= 0.3 is 0 Å². The summed E-state index contributed by atoms with van der Waals surface area (Å²) in [5.41, 5.74) is 4.35. The summed E-state index contributed by atoms with van der Waals surface area (Å²) in [6.07, 6.45) is 1.82. The van der Waals surface area contributed by atoms with Crippen molar-refractivity contribution in [3.8, 4) is 22.5 Å². The maximum absolute atomic E-state index is 4.78. The third kappa shape index (κ3) is 2.63. The molecule has 0 atom stereocenters. The number of hydrogen-bond acceptors (Lipinski definition) is 3. The topological polar surface area (TPSA) is 25.8 Å². The summed E-state index contributed by atoms with van der Waals surface area (Å²) in [6.45, 7) is 0. The van der Waals surface area contributed by atoms with E-state index < -0.39 is 0 Å². The largest absolute Gasteiger partial charge is 0.255 e. The lowest BCUT2D eigenvalue weighted by molar-refractivity contribution is 1.31. The Morgan fingerprint density at radius 1 is 0.621 bits per heavy atom. The molecule has 0 saturated carbocycles. The third-order valence-corrected chi connectivity index (χ3v) is 6.33. The lowest BCUT2D eigenvalue weighted by Crippen LogP contribution is -1.84. The molecule has 0 saturated heterocycles. The van der Waals surface area contributed by atoms with Crippen LogP contribution in [-0.2, 0) is 0 Å². The lowest BCUT2D eigenvalue weighted by Gasteiger charge is -2.08. The van der Waals surface area contributed by atoms with Gasteiger partial charge in [-0.3, -0.25) is 4.98 Å². The molecule has 0 unspecified atom stereocenters. The zero-order valence-electron chi connectivity index (χ0n) is 15.5. The van der Waals surface area contributed by atoms with E-state index in [9.17, 15) is 0 Å². The Morgan fingerprint density at radius 2 is 1.41 bits per heavy atom. The first-order chi connectivity index (χ1) is 14.4. The molecule has 6 rings (SSSR count). The Labute approximate surface area is 172 Å². The molecule has 6 aromatic rings. The molecule has 0 bridgehead atoms. The van der Waals surface area contributed by atoms with Gasteiger partial charge in [-0.1, -0.05) is 72.8 Å². The van der Waals surface area contributed by atoms with Crippen LogP contribution in [0.2, 0.25) is 0 Å². The van der Waals surface area contributed by atoms with Crippen LogP contribution >= 0.6 is 11.5 Å². The van der Waals surface area contributed by atoms with Gasteiger partial charge in [0.15, 0.2) is 0 Å². The molecule has 2 aromatic heterocycles. The molecule has 0 fully saturated rings. The van der Waals surface area contributed by atoms with E-state index in [-0.39, 0.29) is 0 Å². The summed E-state index contributed by atoms with van der Waals surface area (Å²) in [4.78, 5) is 4.51. The van der Waals surface area contributed by atoms with E-state index in [1.54, 1.807) is 11.5 Å². The third-order valence-electron chi connectivity index (χ3n) is 5.45. The van der Waals surface area contributed by atoms with E-state index >= 15 is 0 Å². The van der Waals surface area contributed by atoms with Crippen LogP contribution in [0.15, 0.2) is 97.2 Å². The Hall–Kier alpha value is -3.56. The Morgan fingerprint density at radius 3 is 2.28 bits per heavy atom. The molecule has 2 nitrogen and oxygen atoms in total. The number of rotatable bonds is 2. The minimum absolute atomic E-state index is 0.920. The van der Waals surface area contributed by atoms with E-state index in [1.807, 2.05) is 24.4 Å². The maximum Gasteiger partial charge on any atom is 0.110 e. The highest BCUT2D eigenvalue weighted by molar-refractivity contribution is 7.15. The van der Waals surface area contributed by atoms with Crippen molar-refractivity contribution in [2.24, 2.45) is 0 Å².